The summed E-state index contributed by atoms with van der Waals surface area (Å²) in [6, 6.07) is -0.556. The Labute approximate surface area is 406 Å². The first kappa shape index (κ1) is 63.6. The first-order valence-corrected chi connectivity index (χ1v) is 29.4. The van der Waals surface area contributed by atoms with Crippen LogP contribution < -0.4 is 5.32 Å². The van der Waals surface area contributed by atoms with Gasteiger partial charge in [0.1, 0.15) is 0 Å². The van der Waals surface area contributed by atoms with Crippen LogP contribution in [0.2, 0.25) is 0 Å². The van der Waals surface area contributed by atoms with Crippen molar-refractivity contribution in [3.8, 4) is 0 Å². The molecular formula is C59H115NO5. The molecule has 3 N–H and O–H groups in total. The Morgan fingerprint density at radius 1 is 0.415 bits per heavy atom. The molecule has 0 saturated heterocycles. The predicted octanol–water partition coefficient (Wildman–Crippen LogP) is 18.1. The molecule has 0 aromatic carbocycles. The van der Waals surface area contributed by atoms with E-state index >= 15 is 0 Å². The molecule has 2 atom stereocenters. The van der Waals surface area contributed by atoms with Crippen LogP contribution in [-0.4, -0.2) is 47.4 Å². The number of allylic oxidation sites excluding steroid dienone is 2. The lowest BCUT2D eigenvalue weighted by Crippen LogP contribution is -2.45. The third kappa shape index (κ3) is 51.8. The number of ether oxygens (including phenoxy) is 1. The maximum Gasteiger partial charge on any atom is 0.305 e. The van der Waals surface area contributed by atoms with Crippen LogP contribution in [0, 0.1) is 0 Å². The fourth-order valence-electron chi connectivity index (χ4n) is 9.28. The van der Waals surface area contributed by atoms with Crippen molar-refractivity contribution in [3.63, 3.8) is 0 Å². The van der Waals surface area contributed by atoms with Gasteiger partial charge in [-0.2, -0.15) is 0 Å². The van der Waals surface area contributed by atoms with Crippen molar-refractivity contribution in [1.29, 1.82) is 0 Å². The van der Waals surface area contributed by atoms with Crippen LogP contribution in [0.4, 0.5) is 0 Å². The van der Waals surface area contributed by atoms with E-state index in [9.17, 15) is 19.8 Å². The minimum atomic E-state index is -0.677. The van der Waals surface area contributed by atoms with Crippen LogP contribution in [-0.2, 0) is 14.3 Å². The van der Waals surface area contributed by atoms with Gasteiger partial charge in [-0.25, -0.2) is 0 Å². The molecule has 0 spiro atoms. The van der Waals surface area contributed by atoms with E-state index in [1.165, 1.54) is 238 Å². The number of unbranched alkanes of at least 4 members (excludes halogenated alkanes) is 42. The molecule has 65 heavy (non-hydrogen) atoms. The summed E-state index contributed by atoms with van der Waals surface area (Å²) in [5.74, 6) is -0.0705. The zero-order valence-corrected chi connectivity index (χ0v) is 44.0. The first-order valence-electron chi connectivity index (χ1n) is 29.4. The summed E-state index contributed by atoms with van der Waals surface area (Å²) in [7, 11) is 0. The van der Waals surface area contributed by atoms with E-state index in [-0.39, 0.29) is 18.5 Å². The molecule has 6 heteroatoms. The van der Waals surface area contributed by atoms with E-state index in [1.54, 1.807) is 0 Å². The molecule has 386 valence electrons. The van der Waals surface area contributed by atoms with Gasteiger partial charge in [-0.05, 0) is 51.4 Å². The molecule has 0 aromatic heterocycles. The van der Waals surface area contributed by atoms with Crippen molar-refractivity contribution in [2.75, 3.05) is 13.2 Å². The number of hydrogen-bond acceptors (Lipinski definition) is 5. The standard InChI is InChI=1S/C59H115NO5/c1-3-5-7-9-11-13-15-17-19-21-22-23-24-25-26-28-31-35-39-43-47-51-57(62)56(55-61)60-58(63)52-48-44-40-36-32-30-34-38-42-46-50-54-65-59(64)53-49-45-41-37-33-29-27-20-18-16-14-12-10-8-6-4-2/h20,27,56-57,61-62H,3-19,21-26,28-55H2,1-2H3,(H,60,63)/b27-20-. The summed E-state index contributed by atoms with van der Waals surface area (Å²) in [5, 5.41) is 23.3. The molecule has 0 radical (unpaired) electrons. The lowest BCUT2D eigenvalue weighted by molar-refractivity contribution is -0.143. The van der Waals surface area contributed by atoms with Gasteiger partial charge in [0, 0.05) is 12.8 Å². The van der Waals surface area contributed by atoms with E-state index in [0.717, 1.165) is 57.8 Å². The lowest BCUT2D eigenvalue weighted by atomic mass is 10.0. The minimum Gasteiger partial charge on any atom is -0.466 e. The number of hydrogen-bond donors (Lipinski definition) is 3. The SMILES string of the molecule is CCCCCCCCC/C=C\CCCCCCCC(=O)OCCCCCCCCCCCCCC(=O)NC(CO)C(O)CCCCCCCCCCCCCCCCCCCCCCC. The lowest BCUT2D eigenvalue weighted by Gasteiger charge is -2.22. The van der Waals surface area contributed by atoms with Crippen molar-refractivity contribution in [2.45, 2.75) is 341 Å². The van der Waals surface area contributed by atoms with E-state index in [4.69, 9.17) is 4.74 Å². The van der Waals surface area contributed by atoms with Crippen molar-refractivity contribution in [3.05, 3.63) is 12.2 Å². The Morgan fingerprint density at radius 2 is 0.723 bits per heavy atom. The smallest absolute Gasteiger partial charge is 0.305 e. The van der Waals surface area contributed by atoms with Crippen LogP contribution >= 0.6 is 0 Å². The maximum absolute atomic E-state index is 12.5. The van der Waals surface area contributed by atoms with Gasteiger partial charge in [0.15, 0.2) is 0 Å². The van der Waals surface area contributed by atoms with Gasteiger partial charge in [0.05, 0.1) is 25.4 Å². The summed E-state index contributed by atoms with van der Waals surface area (Å²) in [5.41, 5.74) is 0. The molecule has 1 amide bonds. The quantitative estimate of drug-likeness (QED) is 0.0321. The highest BCUT2D eigenvalue weighted by Crippen LogP contribution is 2.18. The zero-order valence-electron chi connectivity index (χ0n) is 44.0. The number of nitrogens with one attached hydrogen (secondary N) is 1. The van der Waals surface area contributed by atoms with Gasteiger partial charge >= 0.3 is 5.97 Å². The van der Waals surface area contributed by atoms with Crippen LogP contribution in [0.5, 0.6) is 0 Å². The average molecular weight is 919 g/mol. The molecule has 0 bridgehead atoms. The summed E-state index contributed by atoms with van der Waals surface area (Å²) in [4.78, 5) is 24.6. The van der Waals surface area contributed by atoms with Crippen LogP contribution in [0.15, 0.2) is 12.2 Å². The number of carbonyl (C=O) groups excluding carboxylic acids is 2. The average Bonchev–Trinajstić information content (AvgIpc) is 3.31. The Balaban J connectivity index is 3.45. The Hall–Kier alpha value is -1.40. The fourth-order valence-corrected chi connectivity index (χ4v) is 9.28. The molecule has 0 rings (SSSR count). The van der Waals surface area contributed by atoms with Gasteiger partial charge in [0.25, 0.3) is 0 Å². The van der Waals surface area contributed by atoms with Gasteiger partial charge in [-0.1, -0.05) is 276 Å². The number of aliphatic hydroxyl groups is 2. The number of amides is 1. The van der Waals surface area contributed by atoms with Gasteiger partial charge in [-0.15, -0.1) is 0 Å². The van der Waals surface area contributed by atoms with Crippen molar-refractivity contribution in [1.82, 2.24) is 5.32 Å². The Bertz CT molecular complexity index is 970. The summed E-state index contributed by atoms with van der Waals surface area (Å²) >= 11 is 0. The molecule has 0 aliphatic heterocycles. The highest BCUT2D eigenvalue weighted by atomic mass is 16.5. The molecular weight excluding hydrogens is 803 g/mol. The van der Waals surface area contributed by atoms with Crippen molar-refractivity contribution >= 4 is 11.9 Å². The van der Waals surface area contributed by atoms with E-state index < -0.39 is 12.1 Å². The Morgan fingerprint density at radius 3 is 1.09 bits per heavy atom. The summed E-state index contributed by atoms with van der Waals surface area (Å²) in [6.45, 7) is 4.93. The zero-order chi connectivity index (χ0) is 47.2. The predicted molar refractivity (Wildman–Crippen MR) is 283 cm³/mol. The highest BCUT2D eigenvalue weighted by Gasteiger charge is 2.20. The van der Waals surface area contributed by atoms with Crippen molar-refractivity contribution in [2.24, 2.45) is 0 Å². The van der Waals surface area contributed by atoms with E-state index in [0.29, 0.717) is 25.9 Å². The molecule has 0 aliphatic carbocycles. The maximum atomic E-state index is 12.5. The second-order valence-electron chi connectivity index (χ2n) is 20.3. The normalized spacial score (nSPS) is 12.6. The van der Waals surface area contributed by atoms with Crippen LogP contribution in [0.1, 0.15) is 328 Å². The number of aliphatic hydroxyl groups excluding tert-OH is 2. The molecule has 0 aromatic rings. The largest absolute Gasteiger partial charge is 0.466 e. The molecule has 0 heterocycles. The van der Waals surface area contributed by atoms with Crippen LogP contribution in [0.25, 0.3) is 0 Å². The fraction of sp³-hybridized carbons (Fsp3) is 0.932. The molecule has 6 nitrogen and oxygen atoms in total. The monoisotopic (exact) mass is 918 g/mol. The summed E-state index contributed by atoms with van der Waals surface area (Å²) in [6.07, 6.45) is 64.8. The second-order valence-corrected chi connectivity index (χ2v) is 20.3. The van der Waals surface area contributed by atoms with Gasteiger partial charge < -0.3 is 20.3 Å². The van der Waals surface area contributed by atoms with Gasteiger partial charge in [0.2, 0.25) is 5.91 Å². The summed E-state index contributed by atoms with van der Waals surface area (Å²) < 4.78 is 5.47. The second kappa shape index (κ2) is 55.2. The highest BCUT2D eigenvalue weighted by molar-refractivity contribution is 5.76. The number of carbonyl (C=O) groups is 2. The Kier molecular flexibility index (Phi) is 54.0. The van der Waals surface area contributed by atoms with E-state index in [2.05, 4.69) is 31.3 Å². The third-order valence-corrected chi connectivity index (χ3v) is 13.8. The van der Waals surface area contributed by atoms with Crippen molar-refractivity contribution < 1.29 is 24.5 Å². The number of esters is 1. The topological polar surface area (TPSA) is 95.9 Å². The molecule has 0 fully saturated rings. The number of rotatable bonds is 55. The van der Waals surface area contributed by atoms with Crippen LogP contribution in [0.3, 0.4) is 0 Å². The molecule has 0 aliphatic rings. The first-order chi connectivity index (χ1) is 32.0. The molecule has 2 unspecified atom stereocenters. The van der Waals surface area contributed by atoms with E-state index in [1.807, 2.05) is 0 Å². The van der Waals surface area contributed by atoms with Gasteiger partial charge in [-0.3, -0.25) is 9.59 Å². The minimum absolute atomic E-state index is 0.0198. The third-order valence-electron chi connectivity index (χ3n) is 13.8. The molecule has 0 saturated carbocycles.